The van der Waals surface area contributed by atoms with Crippen LogP contribution in [0.25, 0.3) is 0 Å². The van der Waals surface area contributed by atoms with Crippen LogP contribution in [0.15, 0.2) is 24.9 Å². The van der Waals surface area contributed by atoms with Crippen LogP contribution in [0.2, 0.25) is 0 Å². The monoisotopic (exact) mass is 249 g/mol. The zero-order valence-corrected chi connectivity index (χ0v) is 10.1. The molecular weight excluding hydrogens is 234 g/mol. The predicted molar refractivity (Wildman–Crippen MR) is 64.1 cm³/mol. The summed E-state index contributed by atoms with van der Waals surface area (Å²) in [7, 11) is 1.74. The van der Waals surface area contributed by atoms with E-state index in [1.807, 2.05) is 10.8 Å². The first-order chi connectivity index (χ1) is 8.68. The van der Waals surface area contributed by atoms with Gasteiger partial charge in [-0.3, -0.25) is 4.68 Å². The van der Waals surface area contributed by atoms with Gasteiger partial charge in [-0.25, -0.2) is 9.78 Å². The van der Waals surface area contributed by atoms with Crippen LogP contribution in [-0.2, 0) is 20.1 Å². The van der Waals surface area contributed by atoms with Crippen molar-refractivity contribution in [1.82, 2.24) is 24.6 Å². The molecule has 0 radical (unpaired) electrons. The van der Waals surface area contributed by atoms with Crippen molar-refractivity contribution >= 4 is 5.97 Å². The molecule has 2 aromatic rings. The lowest BCUT2D eigenvalue weighted by Gasteiger charge is -2.07. The zero-order valence-electron chi connectivity index (χ0n) is 10.1. The summed E-state index contributed by atoms with van der Waals surface area (Å²) in [4.78, 5) is 14.9. The Morgan fingerprint density at radius 3 is 3.06 bits per heavy atom. The summed E-state index contributed by atoms with van der Waals surface area (Å²) >= 11 is 0. The number of rotatable bonds is 6. The summed E-state index contributed by atoms with van der Waals surface area (Å²) in [6, 6.07) is 0. The van der Waals surface area contributed by atoms with E-state index < -0.39 is 5.97 Å². The molecule has 0 aliphatic heterocycles. The van der Waals surface area contributed by atoms with Gasteiger partial charge in [0.05, 0.1) is 18.2 Å². The number of nitrogens with zero attached hydrogens (tertiary/aromatic N) is 4. The van der Waals surface area contributed by atoms with E-state index in [0.29, 0.717) is 12.2 Å². The van der Waals surface area contributed by atoms with Crippen LogP contribution in [0.5, 0.6) is 0 Å². The average molecular weight is 249 g/mol. The number of aryl methyl sites for hydroxylation is 1. The second kappa shape index (κ2) is 5.46. The number of imidazole rings is 1. The van der Waals surface area contributed by atoms with Crippen molar-refractivity contribution in [2.24, 2.45) is 7.05 Å². The minimum Gasteiger partial charge on any atom is -0.478 e. The van der Waals surface area contributed by atoms with Gasteiger partial charge >= 0.3 is 5.97 Å². The summed E-state index contributed by atoms with van der Waals surface area (Å²) in [6.45, 7) is 2.01. The topological polar surface area (TPSA) is 85.0 Å². The van der Waals surface area contributed by atoms with Gasteiger partial charge in [0.2, 0.25) is 0 Å². The molecule has 2 heterocycles. The van der Waals surface area contributed by atoms with Gasteiger partial charge in [0.25, 0.3) is 0 Å². The van der Waals surface area contributed by atoms with E-state index in [1.54, 1.807) is 24.3 Å². The van der Waals surface area contributed by atoms with E-state index in [4.69, 9.17) is 5.11 Å². The molecule has 2 N–H and O–H groups in total. The van der Waals surface area contributed by atoms with E-state index in [1.165, 1.54) is 6.20 Å². The van der Waals surface area contributed by atoms with Crippen molar-refractivity contribution in [1.29, 1.82) is 0 Å². The number of hydrogen-bond acceptors (Lipinski definition) is 4. The maximum Gasteiger partial charge on any atom is 0.339 e. The molecule has 0 fully saturated rings. The first kappa shape index (κ1) is 12.3. The average Bonchev–Trinajstić information content (AvgIpc) is 2.94. The number of carboxylic acid groups (broad SMARTS) is 1. The van der Waals surface area contributed by atoms with Crippen molar-refractivity contribution in [2.45, 2.75) is 13.1 Å². The van der Waals surface area contributed by atoms with Gasteiger partial charge in [-0.2, -0.15) is 5.10 Å². The fourth-order valence-corrected chi connectivity index (χ4v) is 1.69. The summed E-state index contributed by atoms with van der Waals surface area (Å²) in [5.41, 5.74) is 0.917. The quantitative estimate of drug-likeness (QED) is 0.709. The van der Waals surface area contributed by atoms with Crippen LogP contribution in [0.4, 0.5) is 0 Å². The van der Waals surface area contributed by atoms with Crippen molar-refractivity contribution < 1.29 is 9.90 Å². The Bertz CT molecular complexity index is 518. The smallest absolute Gasteiger partial charge is 0.339 e. The third-order valence-corrected chi connectivity index (χ3v) is 2.69. The van der Waals surface area contributed by atoms with Crippen LogP contribution in [0.3, 0.4) is 0 Å². The molecular formula is C11H15N5O2. The fraction of sp³-hybridized carbons (Fsp3) is 0.364. The Labute approximate surface area is 104 Å². The van der Waals surface area contributed by atoms with Gasteiger partial charge in [-0.1, -0.05) is 0 Å². The Balaban J connectivity index is 1.86. The molecule has 7 nitrogen and oxygen atoms in total. The predicted octanol–water partition coefficient (Wildman–Crippen LogP) is 0.105. The number of aromatic nitrogens is 4. The molecule has 0 saturated heterocycles. The number of nitrogens with one attached hydrogen (secondary N) is 1. The molecule has 0 bridgehead atoms. The molecule has 0 aliphatic rings. The molecule has 7 heteroatoms. The van der Waals surface area contributed by atoms with Crippen LogP contribution in [0.1, 0.15) is 16.1 Å². The van der Waals surface area contributed by atoms with Crippen molar-refractivity contribution in [2.75, 3.05) is 6.54 Å². The number of hydrogen-bond donors (Lipinski definition) is 2. The molecule has 96 valence electrons. The summed E-state index contributed by atoms with van der Waals surface area (Å²) in [6.07, 6.45) is 6.72. The molecule has 0 spiro atoms. The molecule has 18 heavy (non-hydrogen) atoms. The van der Waals surface area contributed by atoms with Crippen molar-refractivity contribution in [3.63, 3.8) is 0 Å². The second-order valence-corrected chi connectivity index (χ2v) is 3.91. The van der Waals surface area contributed by atoms with Gasteiger partial charge < -0.3 is 15.0 Å². The largest absolute Gasteiger partial charge is 0.478 e. The van der Waals surface area contributed by atoms with E-state index in [0.717, 1.165) is 13.1 Å². The standard InChI is InChI=1S/C11H15N5O2/c1-15-10(9(6-14-15)11(17)18)7-12-2-4-16-5-3-13-8-16/h3,5-6,8,12H,2,4,7H2,1H3,(H,17,18). The Kier molecular flexibility index (Phi) is 3.73. The van der Waals surface area contributed by atoms with Crippen molar-refractivity contribution in [3.8, 4) is 0 Å². The highest BCUT2D eigenvalue weighted by Gasteiger charge is 2.13. The van der Waals surface area contributed by atoms with E-state index in [9.17, 15) is 4.79 Å². The summed E-state index contributed by atoms with van der Waals surface area (Å²) in [5, 5.41) is 16.1. The number of aromatic carboxylic acids is 1. The third-order valence-electron chi connectivity index (χ3n) is 2.69. The normalized spacial score (nSPS) is 10.7. The van der Waals surface area contributed by atoms with Crippen LogP contribution < -0.4 is 5.32 Å². The summed E-state index contributed by atoms with van der Waals surface area (Å²) < 4.78 is 3.53. The maximum absolute atomic E-state index is 11.0. The van der Waals surface area contributed by atoms with E-state index in [-0.39, 0.29) is 5.56 Å². The number of carboxylic acids is 1. The Morgan fingerprint density at radius 2 is 2.39 bits per heavy atom. The maximum atomic E-state index is 11.0. The van der Waals surface area contributed by atoms with Crippen molar-refractivity contribution in [3.05, 3.63) is 36.2 Å². The minimum atomic E-state index is -0.950. The zero-order chi connectivity index (χ0) is 13.0. The summed E-state index contributed by atoms with van der Waals surface area (Å²) in [5.74, 6) is -0.950. The molecule has 2 rings (SSSR count). The lowest BCUT2D eigenvalue weighted by molar-refractivity contribution is 0.0695. The molecule has 0 aliphatic carbocycles. The van der Waals surface area contributed by atoms with Gasteiger partial charge in [0, 0.05) is 39.1 Å². The molecule has 0 amide bonds. The highest BCUT2D eigenvalue weighted by Crippen LogP contribution is 2.06. The second-order valence-electron chi connectivity index (χ2n) is 3.91. The van der Waals surface area contributed by atoms with Crippen LogP contribution >= 0.6 is 0 Å². The first-order valence-electron chi connectivity index (χ1n) is 5.59. The van der Waals surface area contributed by atoms with E-state index in [2.05, 4.69) is 15.4 Å². The minimum absolute atomic E-state index is 0.243. The van der Waals surface area contributed by atoms with Gasteiger partial charge in [-0.05, 0) is 0 Å². The van der Waals surface area contributed by atoms with Gasteiger partial charge in [0.15, 0.2) is 0 Å². The molecule has 0 saturated carbocycles. The lowest BCUT2D eigenvalue weighted by Crippen LogP contribution is -2.21. The number of carbonyl (C=O) groups is 1. The molecule has 0 atom stereocenters. The van der Waals surface area contributed by atoms with Gasteiger partial charge in [0.1, 0.15) is 5.56 Å². The molecule has 2 aromatic heterocycles. The molecule has 0 unspecified atom stereocenters. The van der Waals surface area contributed by atoms with Crippen LogP contribution in [0, 0.1) is 0 Å². The molecule has 0 aromatic carbocycles. The Hall–Kier alpha value is -2.15. The third kappa shape index (κ3) is 2.75. The fourth-order valence-electron chi connectivity index (χ4n) is 1.69. The first-order valence-corrected chi connectivity index (χ1v) is 5.59. The van der Waals surface area contributed by atoms with Gasteiger partial charge in [-0.15, -0.1) is 0 Å². The highest BCUT2D eigenvalue weighted by molar-refractivity contribution is 5.88. The lowest BCUT2D eigenvalue weighted by atomic mass is 10.2. The van der Waals surface area contributed by atoms with E-state index >= 15 is 0 Å². The highest BCUT2D eigenvalue weighted by atomic mass is 16.4. The van der Waals surface area contributed by atoms with Crippen LogP contribution in [-0.4, -0.2) is 37.0 Å². The SMILES string of the molecule is Cn1ncc(C(=O)O)c1CNCCn1ccnc1. The Morgan fingerprint density at radius 1 is 1.56 bits per heavy atom.